The molecule has 1 saturated heterocycles. The second-order valence-electron chi connectivity index (χ2n) is 9.17. The number of anilines is 1. The number of piperidine rings is 1. The number of fused-ring (bicyclic) bond motifs is 1. The standard InChI is InChI=1S/C25H29FN6O2/c1-16-3-4-23(19(26)13-16)34-18-6-10-31(11-7-18)25-24(21-5-9-27-15-28-21)29-22-14-32(17(2)33)12-8-20(22)30-25/h4-5,9,13,15-16,18H,3,6-8,10-12,14H2,1-2H3. The number of ether oxygens (including phenoxy) is 1. The van der Waals surface area contributed by atoms with Gasteiger partial charge in [-0.05, 0) is 30.6 Å². The second kappa shape index (κ2) is 9.48. The fraction of sp³-hybridized carbons (Fsp3) is 0.480. The van der Waals surface area contributed by atoms with Crippen LogP contribution >= 0.6 is 0 Å². The zero-order valence-corrected chi connectivity index (χ0v) is 19.6. The van der Waals surface area contributed by atoms with Crippen LogP contribution in [0.5, 0.6) is 0 Å². The highest BCUT2D eigenvalue weighted by Gasteiger charge is 2.29. The van der Waals surface area contributed by atoms with Crippen molar-refractivity contribution in [3.8, 4) is 11.4 Å². The van der Waals surface area contributed by atoms with Crippen molar-refractivity contribution in [2.75, 3.05) is 24.5 Å². The molecular formula is C25H29FN6O2. The quantitative estimate of drug-likeness (QED) is 0.684. The molecule has 0 saturated carbocycles. The van der Waals surface area contributed by atoms with E-state index in [1.54, 1.807) is 24.1 Å². The summed E-state index contributed by atoms with van der Waals surface area (Å²) < 4.78 is 20.3. The first-order chi connectivity index (χ1) is 16.5. The highest BCUT2D eigenvalue weighted by atomic mass is 19.1. The van der Waals surface area contributed by atoms with Gasteiger partial charge < -0.3 is 14.5 Å². The average molecular weight is 465 g/mol. The average Bonchev–Trinajstić information content (AvgIpc) is 2.85. The van der Waals surface area contributed by atoms with Crippen LogP contribution in [-0.4, -0.2) is 56.5 Å². The lowest BCUT2D eigenvalue weighted by Crippen LogP contribution is -2.39. The topological polar surface area (TPSA) is 84.3 Å². The summed E-state index contributed by atoms with van der Waals surface area (Å²) >= 11 is 0. The zero-order chi connectivity index (χ0) is 23.7. The summed E-state index contributed by atoms with van der Waals surface area (Å²) in [5.74, 6) is 1.16. The van der Waals surface area contributed by atoms with Gasteiger partial charge in [-0.15, -0.1) is 0 Å². The van der Waals surface area contributed by atoms with E-state index in [9.17, 15) is 9.18 Å². The Bertz CT molecular complexity index is 1130. The van der Waals surface area contributed by atoms with Gasteiger partial charge in [-0.3, -0.25) is 4.79 Å². The molecule has 9 heteroatoms. The minimum Gasteiger partial charge on any atom is -0.488 e. The first kappa shape index (κ1) is 22.4. The number of halogens is 1. The molecule has 4 heterocycles. The van der Waals surface area contributed by atoms with Crippen LogP contribution in [0.3, 0.4) is 0 Å². The lowest BCUT2D eigenvalue weighted by atomic mass is 10.0. The number of nitrogens with zero attached hydrogens (tertiary/aromatic N) is 6. The molecule has 1 amide bonds. The van der Waals surface area contributed by atoms with E-state index in [2.05, 4.69) is 14.9 Å². The molecule has 178 valence electrons. The fourth-order valence-corrected chi connectivity index (χ4v) is 4.67. The van der Waals surface area contributed by atoms with Gasteiger partial charge in [0, 0.05) is 52.0 Å². The Balaban J connectivity index is 1.36. The van der Waals surface area contributed by atoms with Gasteiger partial charge in [0.25, 0.3) is 0 Å². The molecule has 1 aliphatic carbocycles. The van der Waals surface area contributed by atoms with Gasteiger partial charge in [0.15, 0.2) is 17.4 Å². The molecule has 3 aliphatic rings. The number of rotatable bonds is 4. The Labute approximate surface area is 198 Å². The maximum absolute atomic E-state index is 14.3. The number of allylic oxidation sites excluding steroid dienone is 3. The lowest BCUT2D eigenvalue weighted by molar-refractivity contribution is -0.129. The Kier molecular flexibility index (Phi) is 6.26. The van der Waals surface area contributed by atoms with E-state index in [0.29, 0.717) is 36.7 Å². The zero-order valence-electron chi connectivity index (χ0n) is 19.6. The predicted molar refractivity (Wildman–Crippen MR) is 125 cm³/mol. The van der Waals surface area contributed by atoms with Gasteiger partial charge in [0.05, 0.1) is 23.6 Å². The molecule has 2 aliphatic heterocycles. The Morgan fingerprint density at radius 1 is 1.18 bits per heavy atom. The van der Waals surface area contributed by atoms with Crippen molar-refractivity contribution < 1.29 is 13.9 Å². The third kappa shape index (κ3) is 4.64. The van der Waals surface area contributed by atoms with Crippen molar-refractivity contribution in [2.24, 2.45) is 5.92 Å². The van der Waals surface area contributed by atoms with Crippen molar-refractivity contribution in [2.45, 2.75) is 52.2 Å². The molecule has 8 nitrogen and oxygen atoms in total. The van der Waals surface area contributed by atoms with Crippen molar-refractivity contribution in [1.82, 2.24) is 24.8 Å². The van der Waals surface area contributed by atoms with Crippen LogP contribution in [0.25, 0.3) is 11.4 Å². The van der Waals surface area contributed by atoms with E-state index in [-0.39, 0.29) is 23.8 Å². The van der Waals surface area contributed by atoms with Crippen LogP contribution in [0.1, 0.15) is 44.5 Å². The van der Waals surface area contributed by atoms with E-state index in [0.717, 1.165) is 49.6 Å². The molecule has 0 bridgehead atoms. The van der Waals surface area contributed by atoms with E-state index < -0.39 is 0 Å². The fourth-order valence-electron chi connectivity index (χ4n) is 4.67. The molecule has 1 unspecified atom stereocenters. The summed E-state index contributed by atoms with van der Waals surface area (Å²) in [6, 6.07) is 1.83. The van der Waals surface area contributed by atoms with Crippen LogP contribution in [0.15, 0.2) is 42.3 Å². The van der Waals surface area contributed by atoms with Crippen LogP contribution in [0.4, 0.5) is 10.2 Å². The van der Waals surface area contributed by atoms with Gasteiger partial charge in [-0.2, -0.15) is 0 Å². The number of hydrogen-bond donors (Lipinski definition) is 0. The molecule has 34 heavy (non-hydrogen) atoms. The first-order valence-electron chi connectivity index (χ1n) is 11.9. The van der Waals surface area contributed by atoms with Crippen LogP contribution in [0, 0.1) is 5.92 Å². The summed E-state index contributed by atoms with van der Waals surface area (Å²) in [6.45, 7) is 6.13. The van der Waals surface area contributed by atoms with Gasteiger partial charge in [-0.25, -0.2) is 24.3 Å². The van der Waals surface area contributed by atoms with E-state index in [4.69, 9.17) is 14.7 Å². The van der Waals surface area contributed by atoms with Crippen molar-refractivity contribution in [1.29, 1.82) is 0 Å². The first-order valence-corrected chi connectivity index (χ1v) is 11.9. The SMILES string of the molecule is CC(=O)N1CCc2nc(N3CCC(OC4=CCC(C)C=C4F)CC3)c(-c3ccncn3)nc2C1. The summed E-state index contributed by atoms with van der Waals surface area (Å²) in [4.78, 5) is 34.3. The van der Waals surface area contributed by atoms with Gasteiger partial charge in [0.2, 0.25) is 5.91 Å². The Morgan fingerprint density at radius 2 is 2.00 bits per heavy atom. The number of hydrogen-bond acceptors (Lipinski definition) is 7. The van der Waals surface area contributed by atoms with Crippen molar-refractivity contribution in [3.63, 3.8) is 0 Å². The third-order valence-corrected chi connectivity index (χ3v) is 6.64. The number of aromatic nitrogens is 4. The summed E-state index contributed by atoms with van der Waals surface area (Å²) in [5, 5.41) is 0. The maximum Gasteiger partial charge on any atom is 0.219 e. The van der Waals surface area contributed by atoms with Gasteiger partial charge in [-0.1, -0.05) is 6.92 Å². The highest BCUT2D eigenvalue weighted by Crippen LogP contribution is 2.33. The monoisotopic (exact) mass is 464 g/mol. The molecule has 2 aromatic heterocycles. The number of carbonyl (C=O) groups excluding carboxylic acids is 1. The summed E-state index contributed by atoms with van der Waals surface area (Å²) in [7, 11) is 0. The van der Waals surface area contributed by atoms with Gasteiger partial charge >= 0.3 is 0 Å². The smallest absolute Gasteiger partial charge is 0.219 e. The third-order valence-electron chi connectivity index (χ3n) is 6.64. The predicted octanol–water partition coefficient (Wildman–Crippen LogP) is 3.60. The molecular weight excluding hydrogens is 435 g/mol. The lowest BCUT2D eigenvalue weighted by Gasteiger charge is -2.35. The molecule has 0 spiro atoms. The van der Waals surface area contributed by atoms with E-state index >= 15 is 0 Å². The molecule has 2 aromatic rings. The molecule has 0 radical (unpaired) electrons. The number of carbonyl (C=O) groups is 1. The van der Waals surface area contributed by atoms with Crippen LogP contribution in [-0.2, 0) is 22.5 Å². The molecule has 1 fully saturated rings. The van der Waals surface area contributed by atoms with Crippen molar-refractivity contribution in [3.05, 3.63) is 53.7 Å². The largest absolute Gasteiger partial charge is 0.488 e. The molecule has 5 rings (SSSR count). The minimum absolute atomic E-state index is 0.0349. The number of amides is 1. The Hall–Kier alpha value is -3.36. The van der Waals surface area contributed by atoms with Crippen LogP contribution < -0.4 is 4.90 Å². The molecule has 1 atom stereocenters. The Morgan fingerprint density at radius 3 is 2.71 bits per heavy atom. The summed E-state index contributed by atoms with van der Waals surface area (Å²) in [6.07, 6.45) is 9.66. The highest BCUT2D eigenvalue weighted by molar-refractivity contribution is 5.74. The minimum atomic E-state index is -0.257. The second-order valence-corrected chi connectivity index (χ2v) is 9.17. The summed E-state index contributed by atoms with van der Waals surface area (Å²) in [5.41, 5.74) is 3.14. The van der Waals surface area contributed by atoms with E-state index in [1.807, 2.05) is 19.1 Å². The van der Waals surface area contributed by atoms with Crippen molar-refractivity contribution >= 4 is 11.7 Å². The normalized spacial score (nSPS) is 21.0. The van der Waals surface area contributed by atoms with Gasteiger partial charge in [0.1, 0.15) is 18.1 Å². The van der Waals surface area contributed by atoms with E-state index in [1.165, 1.54) is 6.33 Å². The maximum atomic E-state index is 14.3. The molecule has 0 N–H and O–H groups in total. The molecule has 0 aromatic carbocycles. The van der Waals surface area contributed by atoms with Crippen LogP contribution in [0.2, 0.25) is 0 Å².